The van der Waals surface area contributed by atoms with Gasteiger partial charge in [-0.2, -0.15) is 4.31 Å². The van der Waals surface area contributed by atoms with Gasteiger partial charge in [0, 0.05) is 51.1 Å². The quantitative estimate of drug-likeness (QED) is 0.293. The highest BCUT2D eigenvalue weighted by Gasteiger charge is 2.28. The van der Waals surface area contributed by atoms with Crippen LogP contribution in [0.25, 0.3) is 10.2 Å². The summed E-state index contributed by atoms with van der Waals surface area (Å²) in [5.41, 5.74) is 0.652. The number of anilines is 1. The van der Waals surface area contributed by atoms with Gasteiger partial charge in [0.1, 0.15) is 5.52 Å². The van der Waals surface area contributed by atoms with Crippen LogP contribution in [0.4, 0.5) is 5.13 Å². The van der Waals surface area contributed by atoms with Crippen LogP contribution in [0.2, 0.25) is 0 Å². The summed E-state index contributed by atoms with van der Waals surface area (Å²) in [6.07, 6.45) is 1.14. The maximum Gasteiger partial charge on any atom is 0.260 e. The Kier molecular flexibility index (Phi) is 10.4. The van der Waals surface area contributed by atoms with Crippen molar-refractivity contribution in [2.24, 2.45) is 11.8 Å². The van der Waals surface area contributed by atoms with Crippen molar-refractivity contribution >= 4 is 52.5 Å². The summed E-state index contributed by atoms with van der Waals surface area (Å²) in [6, 6.07) is 11.0. The second-order valence-corrected chi connectivity index (χ2v) is 16.3. The number of para-hydroxylation sites is 1. The smallest absolute Gasteiger partial charge is 0.260 e. The van der Waals surface area contributed by atoms with Crippen LogP contribution in [-0.2, 0) is 24.6 Å². The number of sulfonamides is 1. The van der Waals surface area contributed by atoms with Gasteiger partial charge in [-0.1, -0.05) is 45.1 Å². The lowest BCUT2D eigenvalue weighted by molar-refractivity contribution is 0.0391. The molecule has 1 saturated heterocycles. The Labute approximate surface area is 253 Å². The average molecular weight is 637 g/mol. The Morgan fingerprint density at radius 2 is 1.60 bits per heavy atom. The van der Waals surface area contributed by atoms with Crippen LogP contribution in [0.1, 0.15) is 38.1 Å². The number of nitrogens with zero attached hydrogens (tertiary/aromatic N) is 4. The fourth-order valence-corrected chi connectivity index (χ4v) is 8.52. The summed E-state index contributed by atoms with van der Waals surface area (Å²) in [5.74, 6) is -0.0128. The fourth-order valence-electron chi connectivity index (χ4n) is 4.84. The van der Waals surface area contributed by atoms with E-state index in [0.717, 1.165) is 19.3 Å². The number of morpholine rings is 1. The van der Waals surface area contributed by atoms with Crippen molar-refractivity contribution in [3.05, 3.63) is 48.0 Å². The van der Waals surface area contributed by atoms with Gasteiger partial charge in [0.15, 0.2) is 15.0 Å². The van der Waals surface area contributed by atoms with Crippen molar-refractivity contribution in [3.63, 3.8) is 0 Å². The van der Waals surface area contributed by atoms with Crippen molar-refractivity contribution in [1.82, 2.24) is 14.2 Å². The van der Waals surface area contributed by atoms with Gasteiger partial charge in [-0.05, 0) is 48.2 Å². The summed E-state index contributed by atoms with van der Waals surface area (Å²) in [6.45, 7) is 12.4. The van der Waals surface area contributed by atoms with Gasteiger partial charge in [-0.25, -0.2) is 21.8 Å². The molecule has 13 heteroatoms. The topological polar surface area (TPSA) is 117 Å². The molecule has 1 aliphatic heterocycles. The number of benzene rings is 2. The first-order valence-electron chi connectivity index (χ1n) is 14.1. The van der Waals surface area contributed by atoms with Crippen LogP contribution in [0.15, 0.2) is 52.3 Å². The summed E-state index contributed by atoms with van der Waals surface area (Å²) in [7, 11) is -7.27. The highest BCUT2D eigenvalue weighted by Crippen LogP contribution is 2.33. The largest absolute Gasteiger partial charge is 0.379 e. The van der Waals surface area contributed by atoms with Gasteiger partial charge < -0.3 is 4.74 Å². The molecule has 0 aliphatic carbocycles. The Bertz CT molecular complexity index is 1590. The first-order chi connectivity index (χ1) is 19.8. The molecule has 0 unspecified atom stereocenters. The molecule has 0 spiro atoms. The molecule has 0 radical (unpaired) electrons. The molecule has 42 heavy (non-hydrogen) atoms. The summed E-state index contributed by atoms with van der Waals surface area (Å²) >= 11 is 1.25. The van der Waals surface area contributed by atoms with Crippen molar-refractivity contribution in [3.8, 4) is 0 Å². The van der Waals surface area contributed by atoms with E-state index < -0.39 is 19.9 Å². The summed E-state index contributed by atoms with van der Waals surface area (Å²) in [4.78, 5) is 22.6. The van der Waals surface area contributed by atoms with Crippen LogP contribution < -0.4 is 4.90 Å². The van der Waals surface area contributed by atoms with Crippen LogP contribution in [0.5, 0.6) is 0 Å². The second-order valence-electron chi connectivity index (χ2n) is 11.4. The Balaban J connectivity index is 1.67. The summed E-state index contributed by atoms with van der Waals surface area (Å²) in [5, 5.41) is 0.385. The highest BCUT2D eigenvalue weighted by atomic mass is 32.2. The van der Waals surface area contributed by atoms with E-state index in [4.69, 9.17) is 4.74 Å². The molecule has 10 nitrogen and oxygen atoms in total. The van der Waals surface area contributed by atoms with E-state index in [2.05, 4.69) is 9.88 Å². The molecule has 2 heterocycles. The number of aromatic nitrogens is 1. The summed E-state index contributed by atoms with van der Waals surface area (Å²) < 4.78 is 59.4. The number of carbonyl (C=O) groups is 1. The van der Waals surface area contributed by atoms with Crippen molar-refractivity contribution in [1.29, 1.82) is 0 Å². The zero-order valence-electron chi connectivity index (χ0n) is 24.8. The molecule has 0 atom stereocenters. The number of carbonyl (C=O) groups excluding carboxylic acids is 1. The molecule has 3 aromatic rings. The Hall–Kier alpha value is -2.42. The zero-order chi connectivity index (χ0) is 30.7. The lowest BCUT2D eigenvalue weighted by atomic mass is 10.2. The first-order valence-corrected chi connectivity index (χ1v) is 18.2. The van der Waals surface area contributed by atoms with Crippen molar-refractivity contribution < 1.29 is 26.4 Å². The molecule has 4 rings (SSSR count). The van der Waals surface area contributed by atoms with Crippen molar-refractivity contribution in [2.45, 2.75) is 37.5 Å². The predicted octanol–water partition coefficient (Wildman–Crippen LogP) is 3.98. The number of thiazole rings is 1. The number of hydrogen-bond donors (Lipinski definition) is 0. The van der Waals surface area contributed by atoms with Gasteiger partial charge in [0.2, 0.25) is 10.0 Å². The first kappa shape index (κ1) is 32.5. The third-order valence-electron chi connectivity index (χ3n) is 6.87. The number of rotatable bonds is 12. The molecule has 0 saturated carbocycles. The SMILES string of the molecule is CC(C)CN(CC(C)C)S(=O)(=O)c1ccc(C(=O)N(CCN2CCOCC2)c2nc3c(S(C)(=O)=O)cccc3s2)cc1. The molecule has 230 valence electrons. The predicted molar refractivity (Wildman–Crippen MR) is 167 cm³/mol. The molecular weight excluding hydrogens is 597 g/mol. The van der Waals surface area contributed by atoms with Gasteiger partial charge >= 0.3 is 0 Å². The van der Waals surface area contributed by atoms with Crippen LogP contribution in [0, 0.1) is 11.8 Å². The second kappa shape index (κ2) is 13.5. The van der Waals surface area contributed by atoms with Gasteiger partial charge in [-0.15, -0.1) is 0 Å². The third kappa shape index (κ3) is 7.74. The number of ether oxygens (including phenoxy) is 1. The standard InChI is InChI=1S/C29H40N4O6S3/c1-21(2)19-32(20-22(3)4)42(37,38)24-11-9-23(10-12-24)28(34)33(14-13-31-15-17-39-18-16-31)29-30-27-25(40-29)7-6-8-26(27)41(5,35)36/h6-12,21-22H,13-20H2,1-5H3. The molecule has 2 aromatic carbocycles. The van der Waals surface area contributed by atoms with Crippen LogP contribution in [-0.4, -0.2) is 95.7 Å². The third-order valence-corrected chi connectivity index (χ3v) is 10.9. The van der Waals surface area contributed by atoms with E-state index in [1.165, 1.54) is 46.0 Å². The van der Waals surface area contributed by atoms with Gasteiger partial charge in [0.05, 0.1) is 27.7 Å². The number of hydrogen-bond acceptors (Lipinski definition) is 9. The molecular formula is C29H40N4O6S3. The normalized spacial score (nSPS) is 15.2. The van der Waals surface area contributed by atoms with E-state index in [1.807, 2.05) is 27.7 Å². The van der Waals surface area contributed by atoms with Gasteiger partial charge in [0.25, 0.3) is 5.91 Å². The van der Waals surface area contributed by atoms with E-state index in [-0.39, 0.29) is 27.5 Å². The lowest BCUT2D eigenvalue weighted by Gasteiger charge is -2.29. The van der Waals surface area contributed by atoms with Gasteiger partial charge in [-0.3, -0.25) is 14.6 Å². The van der Waals surface area contributed by atoms with E-state index in [1.54, 1.807) is 17.0 Å². The van der Waals surface area contributed by atoms with Crippen LogP contribution in [0.3, 0.4) is 0 Å². The Morgan fingerprint density at radius 1 is 0.976 bits per heavy atom. The molecule has 0 N–H and O–H groups in total. The lowest BCUT2D eigenvalue weighted by Crippen LogP contribution is -2.43. The number of fused-ring (bicyclic) bond motifs is 1. The van der Waals surface area contributed by atoms with E-state index in [0.29, 0.717) is 60.3 Å². The molecule has 1 amide bonds. The maximum absolute atomic E-state index is 13.9. The maximum atomic E-state index is 13.9. The minimum Gasteiger partial charge on any atom is -0.379 e. The zero-order valence-corrected chi connectivity index (χ0v) is 27.3. The highest BCUT2D eigenvalue weighted by molar-refractivity contribution is 7.91. The fraction of sp³-hybridized carbons (Fsp3) is 0.517. The molecule has 1 aromatic heterocycles. The monoisotopic (exact) mass is 636 g/mol. The van der Waals surface area contributed by atoms with E-state index in [9.17, 15) is 21.6 Å². The van der Waals surface area contributed by atoms with Crippen molar-refractivity contribution in [2.75, 3.05) is 63.6 Å². The molecule has 0 bridgehead atoms. The van der Waals surface area contributed by atoms with E-state index >= 15 is 0 Å². The molecule has 1 fully saturated rings. The Morgan fingerprint density at radius 3 is 2.17 bits per heavy atom. The number of amides is 1. The van der Waals surface area contributed by atoms with Crippen LogP contribution >= 0.6 is 11.3 Å². The minimum atomic E-state index is -3.74. The minimum absolute atomic E-state index is 0.116. The average Bonchev–Trinajstić information content (AvgIpc) is 3.36. The number of sulfone groups is 1. The molecule has 1 aliphatic rings.